The first kappa shape index (κ1) is 16.7. The molecule has 2 heterocycles. The average molecular weight is 348 g/mol. The Labute approximate surface area is 145 Å². The summed E-state index contributed by atoms with van der Waals surface area (Å²) in [7, 11) is 3.41. The monoisotopic (exact) mass is 348 g/mol. The fourth-order valence-corrected chi connectivity index (χ4v) is 3.74. The van der Waals surface area contributed by atoms with Crippen molar-refractivity contribution in [1.82, 2.24) is 9.80 Å². The van der Waals surface area contributed by atoms with Crippen LogP contribution in [0, 0.1) is 0 Å². The van der Waals surface area contributed by atoms with Gasteiger partial charge in [0, 0.05) is 25.9 Å². The second-order valence-electron chi connectivity index (χ2n) is 5.79. The number of thioether (sulfide) groups is 1. The quantitative estimate of drug-likeness (QED) is 0.774. The number of hydrogen-bond acceptors (Lipinski definition) is 5. The highest BCUT2D eigenvalue weighted by atomic mass is 32.2. The number of hydrogen-bond donors (Lipinski definition) is 0. The number of nitrogens with zero attached hydrogens (tertiary/aromatic N) is 2. The minimum Gasteiger partial charge on any atom is -0.486 e. The van der Waals surface area contributed by atoms with Gasteiger partial charge in [-0.2, -0.15) is 0 Å². The van der Waals surface area contributed by atoms with E-state index in [1.54, 1.807) is 36.8 Å². The van der Waals surface area contributed by atoms with Gasteiger partial charge in [0.05, 0.1) is 5.88 Å². The van der Waals surface area contributed by atoms with Crippen LogP contribution in [0.25, 0.3) is 6.08 Å². The summed E-state index contributed by atoms with van der Waals surface area (Å²) in [5.74, 6) is 2.39. The lowest BCUT2D eigenvalue weighted by Crippen LogP contribution is -2.46. The average Bonchev–Trinajstić information content (AvgIpc) is 3.08. The maximum atomic E-state index is 12.4. The highest BCUT2D eigenvalue weighted by Crippen LogP contribution is 2.31. The van der Waals surface area contributed by atoms with Gasteiger partial charge in [0.15, 0.2) is 11.5 Å². The first-order valence-electron chi connectivity index (χ1n) is 7.73. The molecular weight excluding hydrogens is 328 g/mol. The maximum absolute atomic E-state index is 12.4. The Morgan fingerprint density at radius 2 is 2.00 bits per heavy atom. The fraction of sp³-hybridized carbons (Fsp3) is 0.412. The molecule has 0 unspecified atom stereocenters. The van der Waals surface area contributed by atoms with Gasteiger partial charge < -0.3 is 19.3 Å². The molecule has 1 saturated heterocycles. The Kier molecular flexibility index (Phi) is 4.99. The Balaban J connectivity index is 1.70. The lowest BCUT2D eigenvalue weighted by atomic mass is 10.1. The molecule has 1 aromatic carbocycles. The molecule has 3 rings (SSSR count). The second-order valence-corrected chi connectivity index (χ2v) is 6.79. The van der Waals surface area contributed by atoms with Crippen molar-refractivity contribution >= 4 is 29.7 Å². The van der Waals surface area contributed by atoms with Crippen molar-refractivity contribution in [3.05, 3.63) is 29.8 Å². The van der Waals surface area contributed by atoms with Gasteiger partial charge in [-0.3, -0.25) is 9.59 Å². The standard InChI is InChI=1S/C17H20N2O4S/c1-18(2)17(21)13-10-24-11-19(13)16(20)6-4-12-3-5-14-15(9-12)23-8-7-22-14/h3-6,9,13H,7-8,10-11H2,1-2H3/b6-4-/t13-/m1/s1. The van der Waals surface area contributed by atoms with Crippen molar-refractivity contribution in [3.8, 4) is 11.5 Å². The van der Waals surface area contributed by atoms with E-state index in [1.165, 1.54) is 11.0 Å². The van der Waals surface area contributed by atoms with E-state index in [0.717, 1.165) is 11.3 Å². The highest BCUT2D eigenvalue weighted by molar-refractivity contribution is 7.99. The topological polar surface area (TPSA) is 59.1 Å². The minimum atomic E-state index is -0.387. The SMILES string of the molecule is CN(C)C(=O)[C@H]1CSCN1C(=O)/C=C\c1ccc2c(c1)OCCO2. The summed E-state index contributed by atoms with van der Waals surface area (Å²) in [4.78, 5) is 27.7. The maximum Gasteiger partial charge on any atom is 0.247 e. The first-order valence-corrected chi connectivity index (χ1v) is 8.89. The molecule has 0 radical (unpaired) electrons. The van der Waals surface area contributed by atoms with E-state index >= 15 is 0 Å². The first-order chi connectivity index (χ1) is 11.6. The molecule has 24 heavy (non-hydrogen) atoms. The molecule has 2 aliphatic rings. The van der Waals surface area contributed by atoms with Gasteiger partial charge in [0.25, 0.3) is 0 Å². The Bertz CT molecular complexity index is 675. The van der Waals surface area contributed by atoms with Gasteiger partial charge in [0.1, 0.15) is 19.3 Å². The van der Waals surface area contributed by atoms with Gasteiger partial charge in [-0.25, -0.2) is 0 Å². The summed E-state index contributed by atoms with van der Waals surface area (Å²) in [6.45, 7) is 1.08. The van der Waals surface area contributed by atoms with Crippen LogP contribution in [0.1, 0.15) is 5.56 Å². The Hall–Kier alpha value is -2.15. The summed E-state index contributed by atoms with van der Waals surface area (Å²) >= 11 is 1.59. The van der Waals surface area contributed by atoms with Crippen LogP contribution in [-0.2, 0) is 9.59 Å². The van der Waals surface area contributed by atoms with Crippen LogP contribution >= 0.6 is 11.8 Å². The van der Waals surface area contributed by atoms with Crippen molar-refractivity contribution in [2.75, 3.05) is 38.9 Å². The third-order valence-corrected chi connectivity index (χ3v) is 4.89. The lowest BCUT2D eigenvalue weighted by molar-refractivity contribution is -0.139. The van der Waals surface area contributed by atoms with Crippen molar-refractivity contribution in [2.45, 2.75) is 6.04 Å². The fourth-order valence-electron chi connectivity index (χ4n) is 2.59. The zero-order valence-electron chi connectivity index (χ0n) is 13.7. The lowest BCUT2D eigenvalue weighted by Gasteiger charge is -2.24. The number of likely N-dealkylation sites (N-methyl/N-ethyl adjacent to an activating group) is 1. The molecule has 1 fully saturated rings. The largest absolute Gasteiger partial charge is 0.486 e. The second kappa shape index (κ2) is 7.17. The molecule has 2 amide bonds. The molecule has 0 aliphatic carbocycles. The van der Waals surface area contributed by atoms with Crippen LogP contribution in [0.5, 0.6) is 11.5 Å². The van der Waals surface area contributed by atoms with Crippen molar-refractivity contribution in [1.29, 1.82) is 0 Å². The smallest absolute Gasteiger partial charge is 0.247 e. The molecule has 1 atom stereocenters. The summed E-state index contributed by atoms with van der Waals surface area (Å²) < 4.78 is 11.0. The van der Waals surface area contributed by atoms with Gasteiger partial charge in [0.2, 0.25) is 11.8 Å². The molecule has 128 valence electrons. The summed E-state index contributed by atoms with van der Waals surface area (Å²) in [5, 5.41) is 0. The number of benzene rings is 1. The van der Waals surface area contributed by atoms with Gasteiger partial charge in [-0.1, -0.05) is 6.07 Å². The van der Waals surface area contributed by atoms with Crippen LogP contribution in [0.4, 0.5) is 0 Å². The van der Waals surface area contributed by atoms with Crippen LogP contribution in [0.2, 0.25) is 0 Å². The molecule has 1 aromatic rings. The molecular formula is C17H20N2O4S. The Morgan fingerprint density at radius 3 is 2.75 bits per heavy atom. The van der Waals surface area contributed by atoms with Crippen LogP contribution in [0.3, 0.4) is 0 Å². The highest BCUT2D eigenvalue weighted by Gasteiger charge is 2.34. The molecule has 2 aliphatic heterocycles. The van der Waals surface area contributed by atoms with Gasteiger partial charge in [-0.05, 0) is 23.8 Å². The van der Waals surface area contributed by atoms with E-state index in [4.69, 9.17) is 9.47 Å². The zero-order chi connectivity index (χ0) is 17.1. The van der Waals surface area contributed by atoms with E-state index in [1.807, 2.05) is 18.2 Å². The van der Waals surface area contributed by atoms with E-state index in [9.17, 15) is 9.59 Å². The number of carbonyl (C=O) groups is 2. The molecule has 0 bridgehead atoms. The number of carbonyl (C=O) groups excluding carboxylic acids is 2. The molecule has 0 spiro atoms. The Morgan fingerprint density at radius 1 is 1.25 bits per heavy atom. The van der Waals surface area contributed by atoms with E-state index in [2.05, 4.69) is 0 Å². The van der Waals surface area contributed by atoms with E-state index in [-0.39, 0.29) is 17.9 Å². The van der Waals surface area contributed by atoms with Crippen LogP contribution in [0.15, 0.2) is 24.3 Å². The third kappa shape index (κ3) is 3.51. The number of rotatable bonds is 3. The van der Waals surface area contributed by atoms with E-state index < -0.39 is 0 Å². The predicted octanol–water partition coefficient (Wildman–Crippen LogP) is 1.46. The van der Waals surface area contributed by atoms with Crippen molar-refractivity contribution in [3.63, 3.8) is 0 Å². The summed E-state index contributed by atoms with van der Waals surface area (Å²) in [6.07, 6.45) is 3.24. The van der Waals surface area contributed by atoms with Gasteiger partial charge in [-0.15, -0.1) is 11.8 Å². The molecule has 6 nitrogen and oxygen atoms in total. The number of amides is 2. The normalized spacial score (nSPS) is 19.6. The van der Waals surface area contributed by atoms with Crippen LogP contribution < -0.4 is 9.47 Å². The zero-order valence-corrected chi connectivity index (χ0v) is 14.5. The number of fused-ring (bicyclic) bond motifs is 1. The van der Waals surface area contributed by atoms with Crippen molar-refractivity contribution < 1.29 is 19.1 Å². The predicted molar refractivity (Wildman–Crippen MR) is 93.1 cm³/mol. The van der Waals surface area contributed by atoms with Crippen molar-refractivity contribution in [2.24, 2.45) is 0 Å². The third-order valence-electron chi connectivity index (χ3n) is 3.88. The van der Waals surface area contributed by atoms with Gasteiger partial charge >= 0.3 is 0 Å². The minimum absolute atomic E-state index is 0.0407. The molecule has 0 saturated carbocycles. The summed E-state index contributed by atoms with van der Waals surface area (Å²) in [5.41, 5.74) is 0.856. The summed E-state index contributed by atoms with van der Waals surface area (Å²) in [6, 6.07) is 5.17. The number of ether oxygens (including phenoxy) is 2. The molecule has 0 aromatic heterocycles. The molecule has 7 heteroatoms. The molecule has 0 N–H and O–H groups in total. The van der Waals surface area contributed by atoms with E-state index in [0.29, 0.717) is 30.6 Å². The van der Waals surface area contributed by atoms with Crippen LogP contribution in [-0.4, -0.2) is 66.6 Å².